The molecular formula is C26H32N4O6. The fourth-order valence-electron chi connectivity index (χ4n) is 4.21. The first kappa shape index (κ1) is 26.7. The van der Waals surface area contributed by atoms with Gasteiger partial charge in [-0.3, -0.25) is 14.4 Å². The minimum atomic E-state index is -1.23. The second kappa shape index (κ2) is 12.2. The van der Waals surface area contributed by atoms with Gasteiger partial charge in [0, 0.05) is 13.0 Å². The molecule has 1 heterocycles. The van der Waals surface area contributed by atoms with Crippen LogP contribution in [0.1, 0.15) is 30.9 Å². The lowest BCUT2D eigenvalue weighted by Gasteiger charge is -2.28. The van der Waals surface area contributed by atoms with E-state index in [1.54, 1.807) is 12.1 Å². The third-order valence-electron chi connectivity index (χ3n) is 6.20. The van der Waals surface area contributed by atoms with Crippen molar-refractivity contribution >= 4 is 23.7 Å². The molecule has 3 amide bonds. The number of phenols is 1. The molecule has 10 heteroatoms. The Morgan fingerprint density at radius 1 is 1.00 bits per heavy atom. The zero-order chi connectivity index (χ0) is 26.2. The number of rotatable bonds is 10. The molecule has 192 valence electrons. The van der Waals surface area contributed by atoms with Crippen LogP contribution in [0.4, 0.5) is 0 Å². The number of phenolic OH excluding ortho intramolecular Hbond substituents is 1. The summed E-state index contributed by atoms with van der Waals surface area (Å²) in [5, 5.41) is 23.9. The number of carbonyl (C=O) groups excluding carboxylic acids is 3. The van der Waals surface area contributed by atoms with Gasteiger partial charge in [-0.25, -0.2) is 4.79 Å². The molecule has 0 aromatic heterocycles. The van der Waals surface area contributed by atoms with Gasteiger partial charge in [0.1, 0.15) is 23.9 Å². The summed E-state index contributed by atoms with van der Waals surface area (Å²) in [7, 11) is 0. The van der Waals surface area contributed by atoms with Crippen molar-refractivity contribution in [1.29, 1.82) is 0 Å². The van der Waals surface area contributed by atoms with Crippen LogP contribution in [0.15, 0.2) is 54.6 Å². The maximum atomic E-state index is 13.0. The topological polar surface area (TPSA) is 162 Å². The number of hydrogen-bond donors (Lipinski definition) is 5. The van der Waals surface area contributed by atoms with Crippen LogP contribution >= 0.6 is 0 Å². The van der Waals surface area contributed by atoms with Crippen molar-refractivity contribution in [2.45, 2.75) is 56.8 Å². The van der Waals surface area contributed by atoms with E-state index in [4.69, 9.17) is 5.73 Å². The van der Waals surface area contributed by atoms with Gasteiger partial charge in [-0.15, -0.1) is 0 Å². The highest BCUT2D eigenvalue weighted by molar-refractivity contribution is 5.94. The van der Waals surface area contributed by atoms with Crippen LogP contribution in [0.5, 0.6) is 5.75 Å². The molecule has 3 rings (SSSR count). The number of carbonyl (C=O) groups is 4. The second-order valence-electron chi connectivity index (χ2n) is 8.99. The summed E-state index contributed by atoms with van der Waals surface area (Å²) in [6, 6.07) is 11.6. The molecule has 4 atom stereocenters. The quantitative estimate of drug-likeness (QED) is 0.321. The predicted molar refractivity (Wildman–Crippen MR) is 132 cm³/mol. The van der Waals surface area contributed by atoms with Crippen LogP contribution in [0.25, 0.3) is 0 Å². The molecule has 2 aromatic rings. The number of likely N-dealkylation sites (tertiary alicyclic amines) is 1. The van der Waals surface area contributed by atoms with Crippen LogP contribution < -0.4 is 16.4 Å². The Kier molecular flexibility index (Phi) is 9.02. The molecule has 0 spiro atoms. The number of hydrogen-bond acceptors (Lipinski definition) is 6. The minimum Gasteiger partial charge on any atom is -0.508 e. The molecular weight excluding hydrogens is 464 g/mol. The molecule has 1 aliphatic heterocycles. The number of carboxylic acid groups (broad SMARTS) is 1. The van der Waals surface area contributed by atoms with Crippen molar-refractivity contribution in [3.05, 3.63) is 65.7 Å². The van der Waals surface area contributed by atoms with E-state index in [0.29, 0.717) is 31.4 Å². The average molecular weight is 497 g/mol. The van der Waals surface area contributed by atoms with Crippen molar-refractivity contribution in [3.63, 3.8) is 0 Å². The van der Waals surface area contributed by atoms with Gasteiger partial charge in [0.25, 0.3) is 0 Å². The summed E-state index contributed by atoms with van der Waals surface area (Å²) < 4.78 is 0. The van der Waals surface area contributed by atoms with E-state index in [1.165, 1.54) is 24.0 Å². The molecule has 4 unspecified atom stereocenters. The average Bonchev–Trinajstić information content (AvgIpc) is 3.35. The number of nitrogens with zero attached hydrogens (tertiary/aromatic N) is 1. The Labute approximate surface area is 209 Å². The molecule has 0 bridgehead atoms. The Bertz CT molecular complexity index is 1080. The lowest BCUT2D eigenvalue weighted by atomic mass is 10.0. The van der Waals surface area contributed by atoms with E-state index in [1.807, 2.05) is 30.3 Å². The minimum absolute atomic E-state index is 0.00618. The Morgan fingerprint density at radius 3 is 2.28 bits per heavy atom. The summed E-state index contributed by atoms with van der Waals surface area (Å²) in [5.74, 6) is -2.65. The lowest BCUT2D eigenvalue weighted by Crippen LogP contribution is -2.56. The second-order valence-corrected chi connectivity index (χ2v) is 8.99. The molecule has 1 aliphatic rings. The van der Waals surface area contributed by atoms with Gasteiger partial charge in [-0.05, 0) is 49.4 Å². The lowest BCUT2D eigenvalue weighted by molar-refractivity contribution is -0.143. The highest BCUT2D eigenvalue weighted by Gasteiger charge is 2.37. The number of amides is 3. The maximum Gasteiger partial charge on any atom is 0.326 e. The van der Waals surface area contributed by atoms with Gasteiger partial charge in [0.2, 0.25) is 17.7 Å². The highest BCUT2D eigenvalue weighted by Crippen LogP contribution is 2.19. The highest BCUT2D eigenvalue weighted by atomic mass is 16.4. The van der Waals surface area contributed by atoms with Gasteiger partial charge in [0.15, 0.2) is 0 Å². The molecule has 0 saturated carbocycles. The Balaban J connectivity index is 1.56. The normalized spacial score (nSPS) is 17.6. The van der Waals surface area contributed by atoms with Gasteiger partial charge in [0.05, 0.1) is 6.04 Å². The zero-order valence-corrected chi connectivity index (χ0v) is 20.1. The summed E-state index contributed by atoms with van der Waals surface area (Å²) in [5.41, 5.74) is 7.67. The monoisotopic (exact) mass is 496 g/mol. The Hall–Kier alpha value is -3.92. The molecule has 0 aliphatic carbocycles. The molecule has 6 N–H and O–H groups in total. The molecule has 10 nitrogen and oxygen atoms in total. The van der Waals surface area contributed by atoms with E-state index in [2.05, 4.69) is 10.6 Å². The summed E-state index contributed by atoms with van der Waals surface area (Å²) in [6.45, 7) is 1.85. The smallest absolute Gasteiger partial charge is 0.326 e. The van der Waals surface area contributed by atoms with E-state index >= 15 is 0 Å². The number of aromatic hydroxyl groups is 1. The van der Waals surface area contributed by atoms with Gasteiger partial charge in [-0.1, -0.05) is 42.5 Å². The number of nitrogens with one attached hydrogen (secondary N) is 2. The molecule has 1 fully saturated rings. The standard InChI is InChI=1S/C26H32N4O6/c1-16(23(32)29-21(26(35)36)15-18-9-11-19(31)12-10-18)28-24(33)22-8-5-13-30(22)25(34)20(27)14-17-6-3-2-4-7-17/h2-4,6-7,9-12,16,20-22,31H,5,8,13-15,27H2,1H3,(H,28,33)(H,29,32)(H,35,36). The number of carboxylic acids is 1. The largest absolute Gasteiger partial charge is 0.508 e. The molecule has 1 saturated heterocycles. The van der Waals surface area contributed by atoms with E-state index < -0.39 is 42.0 Å². The van der Waals surface area contributed by atoms with Crippen LogP contribution in [0, 0.1) is 0 Å². The van der Waals surface area contributed by atoms with E-state index in [-0.39, 0.29) is 18.1 Å². The summed E-state index contributed by atoms with van der Waals surface area (Å²) in [6.07, 6.45) is 1.44. The maximum absolute atomic E-state index is 13.0. The van der Waals surface area contributed by atoms with E-state index in [9.17, 15) is 29.4 Å². The molecule has 0 radical (unpaired) electrons. The van der Waals surface area contributed by atoms with Crippen LogP contribution in [-0.4, -0.2) is 69.5 Å². The fraction of sp³-hybridized carbons (Fsp3) is 0.385. The fourth-order valence-corrected chi connectivity index (χ4v) is 4.21. The Morgan fingerprint density at radius 2 is 1.64 bits per heavy atom. The van der Waals surface area contributed by atoms with Crippen LogP contribution in [0.2, 0.25) is 0 Å². The van der Waals surface area contributed by atoms with Crippen molar-refractivity contribution in [2.24, 2.45) is 5.73 Å². The van der Waals surface area contributed by atoms with Crippen molar-refractivity contribution < 1.29 is 29.4 Å². The number of benzene rings is 2. The third kappa shape index (κ3) is 7.05. The summed E-state index contributed by atoms with van der Waals surface area (Å²) >= 11 is 0. The molecule has 2 aromatic carbocycles. The van der Waals surface area contributed by atoms with Crippen LogP contribution in [0.3, 0.4) is 0 Å². The van der Waals surface area contributed by atoms with Crippen molar-refractivity contribution in [1.82, 2.24) is 15.5 Å². The van der Waals surface area contributed by atoms with Crippen molar-refractivity contribution in [2.75, 3.05) is 6.54 Å². The number of aliphatic carboxylic acids is 1. The zero-order valence-electron chi connectivity index (χ0n) is 20.1. The molecule has 36 heavy (non-hydrogen) atoms. The first-order valence-electron chi connectivity index (χ1n) is 11.9. The van der Waals surface area contributed by atoms with E-state index in [0.717, 1.165) is 5.56 Å². The SMILES string of the molecule is CC(NC(=O)C1CCCN1C(=O)C(N)Cc1ccccc1)C(=O)NC(Cc1ccc(O)cc1)C(=O)O. The van der Waals surface area contributed by atoms with Crippen molar-refractivity contribution in [3.8, 4) is 5.75 Å². The van der Waals surface area contributed by atoms with Gasteiger partial charge < -0.3 is 31.5 Å². The van der Waals surface area contributed by atoms with Gasteiger partial charge in [-0.2, -0.15) is 0 Å². The third-order valence-corrected chi connectivity index (χ3v) is 6.20. The first-order chi connectivity index (χ1) is 17.2. The van der Waals surface area contributed by atoms with Crippen LogP contribution in [-0.2, 0) is 32.0 Å². The first-order valence-corrected chi connectivity index (χ1v) is 11.9. The van der Waals surface area contributed by atoms with Gasteiger partial charge >= 0.3 is 5.97 Å². The number of nitrogens with two attached hydrogens (primary N) is 1. The summed E-state index contributed by atoms with van der Waals surface area (Å²) in [4.78, 5) is 51.7. The predicted octanol–water partition coefficient (Wildman–Crippen LogP) is 0.570.